The van der Waals surface area contributed by atoms with E-state index in [1.807, 2.05) is 38.2 Å². The van der Waals surface area contributed by atoms with E-state index >= 15 is 0 Å². The molecule has 4 rings (SSSR count). The maximum Gasteiger partial charge on any atom is 0.410 e. The van der Waals surface area contributed by atoms with E-state index in [1.165, 1.54) is 4.90 Å². The maximum absolute atomic E-state index is 12.6. The van der Waals surface area contributed by atoms with Crippen molar-refractivity contribution in [1.82, 2.24) is 15.2 Å². The molecule has 9 heteroatoms. The highest BCUT2D eigenvalue weighted by Crippen LogP contribution is 2.20. The molecule has 2 amide bonds. The number of rotatable bonds is 5. The molecule has 0 unspecified atom stereocenters. The number of para-hydroxylation sites is 1. The largest absolute Gasteiger partial charge is 0.444 e. The molecule has 0 spiro atoms. The Balaban J connectivity index is 1.30. The van der Waals surface area contributed by atoms with Crippen LogP contribution in [0.5, 0.6) is 0 Å². The molecule has 2 aliphatic rings. The van der Waals surface area contributed by atoms with Gasteiger partial charge in [-0.05, 0) is 25.0 Å². The van der Waals surface area contributed by atoms with Crippen molar-refractivity contribution in [2.45, 2.75) is 38.0 Å². The molecule has 2 aliphatic heterocycles. The van der Waals surface area contributed by atoms with Crippen LogP contribution in [0, 0.1) is 0 Å². The van der Waals surface area contributed by atoms with E-state index in [-0.39, 0.29) is 18.6 Å². The average Bonchev–Trinajstić information content (AvgIpc) is 3.39. The molecule has 29 heavy (non-hydrogen) atoms. The second kappa shape index (κ2) is 8.51. The van der Waals surface area contributed by atoms with E-state index in [0.717, 1.165) is 28.5 Å². The Labute approximate surface area is 169 Å². The molecule has 2 aromatic rings. The van der Waals surface area contributed by atoms with Crippen molar-refractivity contribution in [3.8, 4) is 0 Å². The Morgan fingerprint density at radius 2 is 2.21 bits per heavy atom. The lowest BCUT2D eigenvalue weighted by Gasteiger charge is -2.23. The third kappa shape index (κ3) is 4.50. The molecule has 1 fully saturated rings. The number of hydrogen-bond donors (Lipinski definition) is 1. The van der Waals surface area contributed by atoms with Crippen LogP contribution < -0.4 is 5.32 Å². The van der Waals surface area contributed by atoms with Crippen molar-refractivity contribution >= 4 is 36.4 Å². The number of nitrogens with one attached hydrogen (secondary N) is 1. The summed E-state index contributed by atoms with van der Waals surface area (Å²) in [5, 5.41) is 7.75. The van der Waals surface area contributed by atoms with E-state index < -0.39 is 12.1 Å². The van der Waals surface area contributed by atoms with Crippen LogP contribution in [0.25, 0.3) is 10.9 Å². The lowest BCUT2D eigenvalue weighted by atomic mass is 9.96. The maximum atomic E-state index is 12.6. The first kappa shape index (κ1) is 19.2. The van der Waals surface area contributed by atoms with E-state index in [4.69, 9.17) is 9.57 Å². The van der Waals surface area contributed by atoms with Gasteiger partial charge in [-0.25, -0.2) is 4.79 Å². The Kier molecular flexibility index (Phi) is 5.64. The predicted octanol–water partition coefficient (Wildman–Crippen LogP) is 1.19. The number of hydrogen-bond acceptors (Lipinski definition) is 6. The number of carbonyl (C=O) groups excluding carboxylic acids is 2. The molecular formula is C20H23BN4O4. The van der Waals surface area contributed by atoms with Crippen LogP contribution >= 0.6 is 0 Å². The summed E-state index contributed by atoms with van der Waals surface area (Å²) >= 11 is 0. The summed E-state index contributed by atoms with van der Waals surface area (Å²) in [5.74, 6) is -0.181. The first-order valence-corrected chi connectivity index (χ1v) is 9.84. The van der Waals surface area contributed by atoms with Gasteiger partial charge in [-0.1, -0.05) is 18.2 Å². The average molecular weight is 394 g/mol. The van der Waals surface area contributed by atoms with Gasteiger partial charge in [-0.2, -0.15) is 0 Å². The van der Waals surface area contributed by atoms with Crippen LogP contribution in [0.15, 0.2) is 41.7 Å². The molecule has 150 valence electrons. The lowest BCUT2D eigenvalue weighted by Crippen LogP contribution is -2.47. The highest BCUT2D eigenvalue weighted by molar-refractivity contribution is 6.59. The zero-order valence-electron chi connectivity index (χ0n) is 16.3. The summed E-state index contributed by atoms with van der Waals surface area (Å²) in [5.41, 5.74) is 2.62. The van der Waals surface area contributed by atoms with Gasteiger partial charge in [0.2, 0.25) is 5.91 Å². The number of benzene rings is 1. The lowest BCUT2D eigenvalue weighted by molar-refractivity contribution is -0.125. The van der Waals surface area contributed by atoms with Crippen molar-refractivity contribution in [1.29, 1.82) is 0 Å². The summed E-state index contributed by atoms with van der Waals surface area (Å²) in [6.45, 7) is 1.00. The topological polar surface area (TPSA) is 93.1 Å². The second-order valence-corrected chi connectivity index (χ2v) is 7.45. The van der Waals surface area contributed by atoms with Crippen LogP contribution in [-0.4, -0.2) is 60.6 Å². The summed E-state index contributed by atoms with van der Waals surface area (Å²) in [4.78, 5) is 36.2. The van der Waals surface area contributed by atoms with Crippen LogP contribution in [0.4, 0.5) is 4.79 Å². The number of carbonyl (C=O) groups is 2. The molecule has 0 aliphatic carbocycles. The first-order valence-electron chi connectivity index (χ1n) is 9.84. The summed E-state index contributed by atoms with van der Waals surface area (Å²) in [6.07, 6.45) is 3.19. The normalized spacial score (nSPS) is 21.0. The molecule has 1 aromatic carbocycles. The zero-order valence-corrected chi connectivity index (χ0v) is 16.3. The van der Waals surface area contributed by atoms with Crippen molar-refractivity contribution in [3.05, 3.63) is 42.1 Å². The van der Waals surface area contributed by atoms with E-state index in [1.54, 1.807) is 6.20 Å². The molecule has 1 N–H and O–H groups in total. The van der Waals surface area contributed by atoms with Crippen molar-refractivity contribution < 1.29 is 19.2 Å². The fourth-order valence-corrected chi connectivity index (χ4v) is 3.69. The zero-order chi connectivity index (χ0) is 20.2. The van der Waals surface area contributed by atoms with Gasteiger partial charge < -0.3 is 14.9 Å². The Hall–Kier alpha value is -3.10. The Bertz CT molecular complexity index is 951. The molecule has 1 aromatic heterocycles. The third-order valence-electron chi connectivity index (χ3n) is 5.18. The van der Waals surface area contributed by atoms with Crippen LogP contribution in [0.2, 0.25) is 0 Å². The molecule has 1 saturated heterocycles. The van der Waals surface area contributed by atoms with Crippen LogP contribution in [0.3, 0.4) is 0 Å². The molecule has 0 saturated carbocycles. The van der Waals surface area contributed by atoms with Gasteiger partial charge in [0, 0.05) is 35.7 Å². The predicted molar refractivity (Wildman–Crippen MR) is 110 cm³/mol. The monoisotopic (exact) mass is 394 g/mol. The minimum absolute atomic E-state index is 0.119. The third-order valence-corrected chi connectivity index (χ3v) is 5.18. The summed E-state index contributed by atoms with van der Waals surface area (Å²) in [7, 11) is 1.89. The number of amides is 2. The van der Waals surface area contributed by atoms with Gasteiger partial charge in [-0.15, -0.1) is 5.16 Å². The van der Waals surface area contributed by atoms with Gasteiger partial charge in [-0.3, -0.25) is 14.7 Å². The van der Waals surface area contributed by atoms with E-state index in [2.05, 4.69) is 15.5 Å². The first-order chi connectivity index (χ1) is 14.1. The number of aromatic nitrogens is 1. The molecule has 3 heterocycles. The number of likely N-dealkylation sites (tertiary alicyclic amines) is 1. The summed E-state index contributed by atoms with van der Waals surface area (Å²) < 4.78 is 5.46. The van der Waals surface area contributed by atoms with Gasteiger partial charge in [0.05, 0.1) is 12.1 Å². The fraction of sp³-hybridized carbons (Fsp3) is 0.400. The van der Waals surface area contributed by atoms with Crippen LogP contribution in [-0.2, 0) is 21.0 Å². The number of fused-ring (bicyclic) bond motifs is 1. The molecular weight excluding hydrogens is 371 g/mol. The quantitative estimate of drug-likeness (QED) is 0.769. The smallest absolute Gasteiger partial charge is 0.410 e. The Morgan fingerprint density at radius 1 is 1.34 bits per heavy atom. The standard InChI is InChI=1S/C20H23BN4O4/c21-18-9-15(29-24-18)11-23-19(26)17-6-3-7-25(17)20(27)28-12-13-8-14-4-1-2-5-16(14)22-10-13/h1-2,4-5,8,10,15,17H,3,6-7,9,11-12,21H2,(H,23,26)/t15-,17-/m0/s1. The SMILES string of the molecule is BC1=NO[C@H](CNC(=O)[C@@H]2CCCN2C(=O)OCc2cnc3ccccc3c2)C1. The molecule has 8 nitrogen and oxygen atoms in total. The van der Waals surface area contributed by atoms with Gasteiger partial charge in [0.15, 0.2) is 7.85 Å². The highest BCUT2D eigenvalue weighted by Gasteiger charge is 2.35. The van der Waals surface area contributed by atoms with Crippen molar-refractivity contribution in [2.75, 3.05) is 13.1 Å². The van der Waals surface area contributed by atoms with Crippen molar-refractivity contribution in [2.24, 2.45) is 5.16 Å². The number of pyridine rings is 1. The minimum Gasteiger partial charge on any atom is -0.444 e. The van der Waals surface area contributed by atoms with E-state index in [9.17, 15) is 9.59 Å². The van der Waals surface area contributed by atoms with Gasteiger partial charge in [0.25, 0.3) is 0 Å². The van der Waals surface area contributed by atoms with Gasteiger partial charge in [0.1, 0.15) is 18.8 Å². The fourth-order valence-electron chi connectivity index (χ4n) is 3.69. The van der Waals surface area contributed by atoms with E-state index in [0.29, 0.717) is 25.9 Å². The molecule has 2 atom stereocenters. The minimum atomic E-state index is -0.513. The summed E-state index contributed by atoms with van der Waals surface area (Å²) in [6, 6.07) is 9.21. The number of oxime groups is 1. The molecule has 0 bridgehead atoms. The number of nitrogens with zero attached hydrogens (tertiary/aromatic N) is 3. The second-order valence-electron chi connectivity index (χ2n) is 7.45. The number of ether oxygens (including phenoxy) is 1. The van der Waals surface area contributed by atoms with Gasteiger partial charge >= 0.3 is 6.09 Å². The van der Waals surface area contributed by atoms with Crippen LogP contribution in [0.1, 0.15) is 24.8 Å². The highest BCUT2D eigenvalue weighted by atomic mass is 16.6. The van der Waals surface area contributed by atoms with Crippen molar-refractivity contribution in [3.63, 3.8) is 0 Å². The molecule has 0 radical (unpaired) electrons. The Morgan fingerprint density at radius 3 is 3.03 bits per heavy atom.